The average Bonchev–Trinajstić information content (AvgIpc) is 3.15. The number of ether oxygens (including phenoxy) is 7. The van der Waals surface area contributed by atoms with Gasteiger partial charge in [0.15, 0.2) is 0 Å². The van der Waals surface area contributed by atoms with Gasteiger partial charge in [0.2, 0.25) is 0 Å². The molecule has 53 heavy (non-hydrogen) atoms. The second-order valence-corrected chi connectivity index (χ2v) is 12.1. The summed E-state index contributed by atoms with van der Waals surface area (Å²) in [6.07, 6.45) is -3.08. The van der Waals surface area contributed by atoms with E-state index in [1.807, 2.05) is 6.92 Å². The lowest BCUT2D eigenvalue weighted by molar-refractivity contribution is -0.138. The zero-order valence-corrected chi connectivity index (χ0v) is 29.2. The molecule has 0 amide bonds. The maximum absolute atomic E-state index is 12.2. The van der Waals surface area contributed by atoms with Crippen molar-refractivity contribution in [3.63, 3.8) is 0 Å². The molecule has 3 aromatic carbocycles. The summed E-state index contributed by atoms with van der Waals surface area (Å²) >= 11 is 0. The maximum atomic E-state index is 12.2. The summed E-state index contributed by atoms with van der Waals surface area (Å²) in [6.45, 7) is -0.153. The van der Waals surface area contributed by atoms with Crippen LogP contribution in [0.2, 0.25) is 0 Å². The van der Waals surface area contributed by atoms with E-state index < -0.39 is 41.6 Å². The summed E-state index contributed by atoms with van der Waals surface area (Å²) in [5.41, 5.74) is -0.258. The number of benzene rings is 3. The molecule has 3 unspecified atom stereocenters. The highest BCUT2D eigenvalue weighted by atomic mass is 16.7. The Kier molecular flexibility index (Phi) is 17.9. The van der Waals surface area contributed by atoms with Gasteiger partial charge in [-0.25, -0.2) is 14.4 Å². The lowest BCUT2D eigenvalue weighted by Gasteiger charge is -2.32. The minimum absolute atomic E-state index is 0.00571. The fraction of sp³-hybridized carbons (Fsp3) is 0.432. The van der Waals surface area contributed by atoms with Crippen molar-refractivity contribution < 1.29 is 78.2 Å². The van der Waals surface area contributed by atoms with E-state index in [-0.39, 0.29) is 100 Å². The van der Waals surface area contributed by atoms with Crippen molar-refractivity contribution >= 4 is 17.9 Å². The minimum atomic E-state index is -1.18. The highest BCUT2D eigenvalue weighted by Crippen LogP contribution is 2.25. The second kappa shape index (κ2) is 22.3. The van der Waals surface area contributed by atoms with Crippen LogP contribution >= 0.6 is 0 Å². The van der Waals surface area contributed by atoms with Crippen LogP contribution in [-0.4, -0.2) is 133 Å². The van der Waals surface area contributed by atoms with E-state index in [1.165, 1.54) is 72.8 Å². The molecule has 0 aliphatic carbocycles. The van der Waals surface area contributed by atoms with E-state index in [2.05, 4.69) is 0 Å². The van der Waals surface area contributed by atoms with Crippen LogP contribution in [0.4, 0.5) is 0 Å². The number of aromatic hydroxyl groups is 3. The molecular weight excluding hydrogens is 700 g/mol. The van der Waals surface area contributed by atoms with Gasteiger partial charge in [-0.15, -0.1) is 0 Å². The maximum Gasteiger partial charge on any atom is 0.338 e. The highest BCUT2D eigenvalue weighted by Gasteiger charge is 2.31. The van der Waals surface area contributed by atoms with Gasteiger partial charge in [-0.05, 0) is 79.2 Å². The van der Waals surface area contributed by atoms with E-state index in [4.69, 9.17) is 33.2 Å². The van der Waals surface area contributed by atoms with Crippen LogP contribution in [0.3, 0.4) is 0 Å². The monoisotopic (exact) mass is 746 g/mol. The first-order chi connectivity index (χ1) is 25.4. The van der Waals surface area contributed by atoms with Crippen LogP contribution in [0.25, 0.3) is 0 Å². The summed E-state index contributed by atoms with van der Waals surface area (Å²) in [5, 5.41) is 59.1. The molecular formula is C37H46O16. The molecule has 0 fully saturated rings. The third-order valence-corrected chi connectivity index (χ3v) is 7.60. The molecule has 3 atom stereocenters. The van der Waals surface area contributed by atoms with Gasteiger partial charge in [0.05, 0.1) is 56.3 Å². The Hall–Kier alpha value is -4.81. The Balaban J connectivity index is 1.46. The molecule has 0 saturated carbocycles. The first-order valence-corrected chi connectivity index (χ1v) is 16.6. The second-order valence-electron chi connectivity index (χ2n) is 12.1. The third kappa shape index (κ3) is 15.8. The van der Waals surface area contributed by atoms with Gasteiger partial charge >= 0.3 is 17.9 Å². The van der Waals surface area contributed by atoms with Gasteiger partial charge in [0, 0.05) is 5.41 Å². The lowest BCUT2D eigenvalue weighted by atomic mass is 9.88. The topological polar surface area (TPSA) is 237 Å². The zero-order chi connectivity index (χ0) is 38.6. The molecule has 16 heteroatoms. The number of rotatable bonds is 24. The van der Waals surface area contributed by atoms with E-state index in [0.29, 0.717) is 6.42 Å². The van der Waals surface area contributed by atoms with Crippen LogP contribution < -0.4 is 0 Å². The number of phenolic OH excluding ortho intramolecular Hbond substituents is 3. The molecule has 6 N–H and O–H groups in total. The van der Waals surface area contributed by atoms with Crippen molar-refractivity contribution in [3.05, 3.63) is 89.5 Å². The zero-order valence-electron chi connectivity index (χ0n) is 29.2. The number of esters is 3. The Morgan fingerprint density at radius 1 is 0.491 bits per heavy atom. The van der Waals surface area contributed by atoms with Crippen molar-refractivity contribution in [1.82, 2.24) is 0 Å². The molecule has 0 saturated heterocycles. The minimum Gasteiger partial charge on any atom is -0.508 e. The smallest absolute Gasteiger partial charge is 0.338 e. The number of aliphatic hydroxyl groups excluding tert-OH is 3. The van der Waals surface area contributed by atoms with Crippen molar-refractivity contribution in [2.45, 2.75) is 31.7 Å². The van der Waals surface area contributed by atoms with Gasteiger partial charge in [0.25, 0.3) is 0 Å². The van der Waals surface area contributed by atoms with Crippen LogP contribution in [0.5, 0.6) is 17.2 Å². The standard InChI is InChI=1S/C37H46O16/c1-2-37(21-47-15-31(41)18-51-34(44)25-3-9-28(38)10-4-25,22-48-16-32(42)19-52-35(45)26-5-11-29(39)12-6-26)23-50-24-49-17-33(43)20-53-36(46)27-7-13-30(40)14-8-27/h3-14,31-33,38-43H,2,15-24H2,1H3. The molecule has 0 heterocycles. The lowest BCUT2D eigenvalue weighted by Crippen LogP contribution is -2.39. The molecule has 3 aromatic rings. The molecule has 0 aliphatic heterocycles. The number of hydrogen-bond donors (Lipinski definition) is 6. The van der Waals surface area contributed by atoms with Crippen LogP contribution in [-0.2, 0) is 33.2 Å². The SMILES string of the molecule is CCC(COCOCC(O)COC(=O)c1ccc(O)cc1)(COCC(O)COC(=O)c1ccc(O)cc1)COCC(O)COC(=O)c1ccc(O)cc1. The summed E-state index contributed by atoms with van der Waals surface area (Å²) in [5.74, 6) is -2.11. The largest absolute Gasteiger partial charge is 0.508 e. The van der Waals surface area contributed by atoms with Crippen molar-refractivity contribution in [2.24, 2.45) is 5.41 Å². The number of carbonyl (C=O) groups is 3. The first-order valence-electron chi connectivity index (χ1n) is 16.6. The molecule has 290 valence electrons. The van der Waals surface area contributed by atoms with Crippen LogP contribution in [0.1, 0.15) is 44.4 Å². The average molecular weight is 747 g/mol. The Bertz CT molecular complexity index is 1450. The summed E-state index contributed by atoms with van der Waals surface area (Å²) in [7, 11) is 0. The van der Waals surface area contributed by atoms with Crippen LogP contribution in [0.15, 0.2) is 72.8 Å². The predicted molar refractivity (Wildman–Crippen MR) is 184 cm³/mol. The summed E-state index contributed by atoms with van der Waals surface area (Å²) in [4.78, 5) is 36.6. The predicted octanol–water partition coefficient (Wildman–Crippen LogP) is 2.18. The number of phenols is 3. The molecule has 0 aromatic heterocycles. The molecule has 3 rings (SSSR count). The molecule has 0 radical (unpaired) electrons. The molecule has 0 spiro atoms. The fourth-order valence-electron chi connectivity index (χ4n) is 4.46. The quantitative estimate of drug-likeness (QED) is 0.0333. The Labute approximate surface area is 306 Å². The third-order valence-electron chi connectivity index (χ3n) is 7.60. The number of hydrogen-bond acceptors (Lipinski definition) is 16. The first kappa shape index (κ1) is 42.6. The van der Waals surface area contributed by atoms with Crippen molar-refractivity contribution in [2.75, 3.05) is 66.3 Å². The summed E-state index contributed by atoms with van der Waals surface area (Å²) in [6, 6.07) is 16.3. The van der Waals surface area contributed by atoms with Gasteiger partial charge in [-0.3, -0.25) is 0 Å². The Morgan fingerprint density at radius 2 is 0.792 bits per heavy atom. The molecule has 16 nitrogen and oxygen atoms in total. The molecule has 0 aliphatic rings. The van der Waals surface area contributed by atoms with Gasteiger partial charge in [0.1, 0.15) is 62.2 Å². The Morgan fingerprint density at radius 3 is 1.11 bits per heavy atom. The van der Waals surface area contributed by atoms with Crippen molar-refractivity contribution in [3.8, 4) is 17.2 Å². The summed E-state index contributed by atoms with van der Waals surface area (Å²) < 4.78 is 37.9. The van der Waals surface area contributed by atoms with E-state index in [9.17, 15) is 45.0 Å². The normalized spacial score (nSPS) is 14.0. The fourth-order valence-corrected chi connectivity index (χ4v) is 4.46. The van der Waals surface area contributed by atoms with E-state index >= 15 is 0 Å². The number of carbonyl (C=O) groups excluding carboxylic acids is 3. The van der Waals surface area contributed by atoms with Gasteiger partial charge in [-0.2, -0.15) is 0 Å². The van der Waals surface area contributed by atoms with Crippen molar-refractivity contribution in [1.29, 1.82) is 0 Å². The van der Waals surface area contributed by atoms with Crippen LogP contribution in [0, 0.1) is 5.41 Å². The van der Waals surface area contributed by atoms with E-state index in [1.54, 1.807) is 0 Å². The highest BCUT2D eigenvalue weighted by molar-refractivity contribution is 5.90. The van der Waals surface area contributed by atoms with E-state index in [0.717, 1.165) is 0 Å². The van der Waals surface area contributed by atoms with Gasteiger partial charge < -0.3 is 63.8 Å². The number of aliphatic hydroxyl groups is 3. The molecule has 0 bridgehead atoms. The van der Waals surface area contributed by atoms with Gasteiger partial charge in [-0.1, -0.05) is 6.92 Å².